The quantitative estimate of drug-likeness (QED) is 0.198. The lowest BCUT2D eigenvalue weighted by Crippen LogP contribution is -2.14. The van der Waals surface area contributed by atoms with Crippen LogP contribution in [0.3, 0.4) is 0 Å². The maximum Gasteiger partial charge on any atom is 0.0547 e. The third-order valence-corrected chi connectivity index (χ3v) is 10.3. The highest BCUT2D eigenvalue weighted by molar-refractivity contribution is 6.16. The van der Waals surface area contributed by atoms with Gasteiger partial charge in [0.05, 0.1) is 11.0 Å². The molecule has 0 aliphatic heterocycles. The van der Waals surface area contributed by atoms with Crippen LogP contribution in [-0.4, -0.2) is 4.57 Å². The predicted octanol–water partition coefficient (Wildman–Crippen LogP) is 11.6. The maximum absolute atomic E-state index is 2.46. The molecule has 1 heteroatoms. The molecule has 1 nitrogen and oxygen atoms in total. The minimum atomic E-state index is -0.0201. The van der Waals surface area contributed by atoms with Crippen molar-refractivity contribution in [2.45, 2.75) is 19.3 Å². The van der Waals surface area contributed by atoms with E-state index in [1.54, 1.807) is 0 Å². The lowest BCUT2D eigenvalue weighted by Gasteiger charge is -2.21. The van der Waals surface area contributed by atoms with Crippen molar-refractivity contribution in [2.24, 2.45) is 0 Å². The smallest absolute Gasteiger partial charge is 0.0547 e. The molecule has 8 aromatic rings. The van der Waals surface area contributed by atoms with Gasteiger partial charge in [0.15, 0.2) is 0 Å². The molecule has 44 heavy (non-hydrogen) atoms. The van der Waals surface area contributed by atoms with Crippen molar-refractivity contribution < 1.29 is 0 Å². The van der Waals surface area contributed by atoms with Crippen LogP contribution in [0.2, 0.25) is 0 Å². The van der Waals surface area contributed by atoms with Crippen LogP contribution in [0.15, 0.2) is 140 Å². The van der Waals surface area contributed by atoms with Crippen molar-refractivity contribution in [3.8, 4) is 50.2 Å². The molecule has 1 aromatic heterocycles. The Morgan fingerprint density at radius 2 is 1.14 bits per heavy atom. The van der Waals surface area contributed by atoms with E-state index in [2.05, 4.69) is 158 Å². The van der Waals surface area contributed by atoms with E-state index >= 15 is 0 Å². The molecule has 2 aliphatic carbocycles. The Hall–Kier alpha value is -5.40. The van der Waals surface area contributed by atoms with Crippen molar-refractivity contribution in [3.63, 3.8) is 0 Å². The molecule has 7 aromatic carbocycles. The van der Waals surface area contributed by atoms with Gasteiger partial charge in [0.25, 0.3) is 0 Å². The molecule has 0 fully saturated rings. The van der Waals surface area contributed by atoms with Crippen molar-refractivity contribution in [2.75, 3.05) is 0 Å². The van der Waals surface area contributed by atoms with Gasteiger partial charge in [-0.05, 0) is 103 Å². The fraction of sp³-hybridized carbons (Fsp3) is 0.0698. The fourth-order valence-electron chi connectivity index (χ4n) is 8.22. The Morgan fingerprint density at radius 1 is 0.432 bits per heavy atom. The first-order chi connectivity index (χ1) is 21.6. The van der Waals surface area contributed by atoms with E-state index in [4.69, 9.17) is 0 Å². The molecule has 10 rings (SSSR count). The van der Waals surface area contributed by atoms with Crippen LogP contribution < -0.4 is 0 Å². The molecular formula is C43H29N. The number of nitrogens with zero attached hydrogens (tertiary/aromatic N) is 1. The van der Waals surface area contributed by atoms with Gasteiger partial charge in [-0.3, -0.25) is 0 Å². The summed E-state index contributed by atoms with van der Waals surface area (Å²) in [6.07, 6.45) is 0. The molecule has 0 saturated carbocycles. The van der Waals surface area contributed by atoms with E-state index in [-0.39, 0.29) is 5.41 Å². The largest absolute Gasteiger partial charge is 0.309 e. The average molecular weight is 560 g/mol. The zero-order valence-corrected chi connectivity index (χ0v) is 24.7. The molecule has 0 radical (unpaired) electrons. The zero-order valence-electron chi connectivity index (χ0n) is 24.7. The molecule has 0 unspecified atom stereocenters. The minimum absolute atomic E-state index is 0.0201. The van der Waals surface area contributed by atoms with Gasteiger partial charge >= 0.3 is 0 Å². The highest BCUT2D eigenvalue weighted by atomic mass is 15.0. The first-order valence-electron chi connectivity index (χ1n) is 15.5. The first kappa shape index (κ1) is 24.1. The number of hydrogen-bond donors (Lipinski definition) is 0. The summed E-state index contributed by atoms with van der Waals surface area (Å²) in [5, 5.41) is 5.30. The van der Waals surface area contributed by atoms with Crippen LogP contribution in [0.4, 0.5) is 0 Å². The summed E-state index contributed by atoms with van der Waals surface area (Å²) >= 11 is 0. The monoisotopic (exact) mass is 559 g/mol. The molecule has 2 aliphatic rings. The summed E-state index contributed by atoms with van der Waals surface area (Å²) in [5.74, 6) is 0. The van der Waals surface area contributed by atoms with Gasteiger partial charge in [0.1, 0.15) is 0 Å². The lowest BCUT2D eigenvalue weighted by molar-refractivity contribution is 0.661. The highest BCUT2D eigenvalue weighted by Gasteiger charge is 2.36. The standard InChI is InChI=1S/C43H29N/c1-43(2)38-15-5-3-11-31(38)36-25-41-37(24-39(36)43)32-12-4-6-16-40(32)44(41)29-20-17-26(18-21-29)28-19-22-30-33-13-7-9-27-10-8-14-34(42(27)33)35(30)23-28/h3-25H,1-2H3. The molecule has 0 amide bonds. The van der Waals surface area contributed by atoms with Crippen molar-refractivity contribution in [3.05, 3.63) is 151 Å². The van der Waals surface area contributed by atoms with Crippen molar-refractivity contribution >= 4 is 32.6 Å². The first-order valence-corrected chi connectivity index (χ1v) is 15.5. The number of hydrogen-bond acceptors (Lipinski definition) is 0. The topological polar surface area (TPSA) is 4.93 Å². The SMILES string of the molecule is CC1(C)c2ccccc2-c2cc3c(cc21)c1ccccc1n3-c1ccc(-c2ccc3c(c2)-c2cccc4cccc-3c24)cc1. The zero-order chi connectivity index (χ0) is 29.2. The highest BCUT2D eigenvalue weighted by Crippen LogP contribution is 2.51. The van der Waals surface area contributed by atoms with Crippen LogP contribution in [0.5, 0.6) is 0 Å². The van der Waals surface area contributed by atoms with E-state index in [1.165, 1.54) is 93.9 Å². The summed E-state index contributed by atoms with van der Waals surface area (Å²) in [6.45, 7) is 4.72. The predicted molar refractivity (Wildman–Crippen MR) is 186 cm³/mol. The summed E-state index contributed by atoms with van der Waals surface area (Å²) in [7, 11) is 0. The number of fused-ring (bicyclic) bond motifs is 9. The number of aromatic nitrogens is 1. The van der Waals surface area contributed by atoms with Crippen LogP contribution in [-0.2, 0) is 5.41 Å². The minimum Gasteiger partial charge on any atom is -0.309 e. The van der Waals surface area contributed by atoms with E-state index in [9.17, 15) is 0 Å². The summed E-state index contributed by atoms with van der Waals surface area (Å²) < 4.78 is 2.45. The molecule has 0 N–H and O–H groups in total. The van der Waals surface area contributed by atoms with Crippen molar-refractivity contribution in [1.82, 2.24) is 4.57 Å². The molecular weight excluding hydrogens is 530 g/mol. The van der Waals surface area contributed by atoms with Gasteiger partial charge in [-0.25, -0.2) is 0 Å². The van der Waals surface area contributed by atoms with Gasteiger partial charge in [-0.2, -0.15) is 0 Å². The van der Waals surface area contributed by atoms with Gasteiger partial charge in [-0.15, -0.1) is 0 Å². The average Bonchev–Trinajstić information content (AvgIpc) is 3.65. The van der Waals surface area contributed by atoms with Crippen molar-refractivity contribution in [1.29, 1.82) is 0 Å². The summed E-state index contributed by atoms with van der Waals surface area (Å²) in [6, 6.07) is 52.1. The maximum atomic E-state index is 2.46. The second kappa shape index (κ2) is 8.36. The second-order valence-electron chi connectivity index (χ2n) is 13.0. The third-order valence-electron chi connectivity index (χ3n) is 10.3. The van der Waals surface area contributed by atoms with Gasteiger partial charge in [0, 0.05) is 21.9 Å². The molecule has 0 saturated heterocycles. The number of benzene rings is 7. The van der Waals surface area contributed by atoms with Crippen LogP contribution in [0, 0.1) is 0 Å². The van der Waals surface area contributed by atoms with Crippen LogP contribution >= 0.6 is 0 Å². The molecule has 206 valence electrons. The Labute approximate surface area is 256 Å². The summed E-state index contributed by atoms with van der Waals surface area (Å²) in [4.78, 5) is 0. The number of para-hydroxylation sites is 1. The van der Waals surface area contributed by atoms with Crippen LogP contribution in [0.1, 0.15) is 25.0 Å². The molecule has 0 atom stereocenters. The van der Waals surface area contributed by atoms with Gasteiger partial charge < -0.3 is 4.57 Å². The summed E-state index contributed by atoms with van der Waals surface area (Å²) in [5.41, 5.74) is 17.0. The van der Waals surface area contributed by atoms with Gasteiger partial charge in [0.2, 0.25) is 0 Å². The Balaban J connectivity index is 1.13. The Kier molecular flexibility index (Phi) is 4.58. The van der Waals surface area contributed by atoms with E-state index in [0.717, 1.165) is 0 Å². The normalized spacial score (nSPS) is 13.9. The fourth-order valence-corrected chi connectivity index (χ4v) is 8.22. The Bertz CT molecular complexity index is 2500. The lowest BCUT2D eigenvalue weighted by atomic mass is 9.82. The van der Waals surface area contributed by atoms with E-state index in [0.29, 0.717) is 0 Å². The van der Waals surface area contributed by atoms with E-state index < -0.39 is 0 Å². The molecule has 0 spiro atoms. The second-order valence-corrected chi connectivity index (χ2v) is 13.0. The Morgan fingerprint density at radius 3 is 1.98 bits per heavy atom. The molecule has 0 bridgehead atoms. The third kappa shape index (κ3) is 3.04. The number of rotatable bonds is 2. The van der Waals surface area contributed by atoms with Gasteiger partial charge in [-0.1, -0.05) is 117 Å². The van der Waals surface area contributed by atoms with E-state index in [1.807, 2.05) is 0 Å². The van der Waals surface area contributed by atoms with Crippen LogP contribution in [0.25, 0.3) is 82.8 Å². The molecule has 1 heterocycles.